The molecule has 0 saturated carbocycles. The van der Waals surface area contributed by atoms with Gasteiger partial charge in [-0.3, -0.25) is 9.59 Å². The number of ether oxygens (including phenoxy) is 2. The zero-order chi connectivity index (χ0) is 24.9. The Balaban J connectivity index is 1.66. The fraction of sp³-hybridized carbons (Fsp3) is 0.417. The molecule has 0 spiro atoms. The van der Waals surface area contributed by atoms with Crippen LogP contribution in [0.3, 0.4) is 0 Å². The third kappa shape index (κ3) is 5.68. The molecule has 1 aliphatic heterocycles. The number of rotatable bonds is 9. The van der Waals surface area contributed by atoms with Crippen molar-refractivity contribution >= 4 is 21.8 Å². The minimum Gasteiger partial charge on any atom is -0.490 e. The number of nitrogens with zero attached hydrogens (tertiary/aromatic N) is 2. The van der Waals surface area contributed by atoms with Gasteiger partial charge in [-0.2, -0.15) is 0 Å². The van der Waals surface area contributed by atoms with E-state index in [-0.39, 0.29) is 22.9 Å². The largest absolute Gasteiger partial charge is 0.490 e. The second-order valence-electron chi connectivity index (χ2n) is 8.00. The highest BCUT2D eigenvalue weighted by Crippen LogP contribution is 2.34. The fourth-order valence-electron chi connectivity index (χ4n) is 3.69. The van der Waals surface area contributed by atoms with Gasteiger partial charge in [-0.25, -0.2) is 12.7 Å². The minimum atomic E-state index is -3.67. The lowest BCUT2D eigenvalue weighted by atomic mass is 9.98. The molecular formula is C24H31N3O6S. The summed E-state index contributed by atoms with van der Waals surface area (Å²) in [5.74, 6) is 0.622. The number of nitrogens with one attached hydrogen (secondary N) is 1. The van der Waals surface area contributed by atoms with Crippen molar-refractivity contribution in [1.82, 2.24) is 14.5 Å². The number of amides is 2. The van der Waals surface area contributed by atoms with Crippen molar-refractivity contribution in [3.05, 3.63) is 53.1 Å². The third-order valence-electron chi connectivity index (χ3n) is 5.51. The van der Waals surface area contributed by atoms with Crippen molar-refractivity contribution < 1.29 is 27.5 Å². The van der Waals surface area contributed by atoms with Gasteiger partial charge in [0.25, 0.3) is 5.91 Å². The first-order valence-electron chi connectivity index (χ1n) is 11.2. The van der Waals surface area contributed by atoms with Crippen molar-refractivity contribution in [3.63, 3.8) is 0 Å². The van der Waals surface area contributed by atoms with E-state index in [0.717, 1.165) is 15.4 Å². The van der Waals surface area contributed by atoms with Crippen LogP contribution in [0.25, 0.3) is 0 Å². The maximum absolute atomic E-state index is 12.8. The molecule has 2 amide bonds. The van der Waals surface area contributed by atoms with E-state index in [1.54, 1.807) is 4.90 Å². The molecule has 34 heavy (non-hydrogen) atoms. The summed E-state index contributed by atoms with van der Waals surface area (Å²) in [4.78, 5) is 27.1. The molecule has 0 fully saturated rings. The summed E-state index contributed by atoms with van der Waals surface area (Å²) in [5, 5.41) is 2.60. The molecule has 0 unspecified atom stereocenters. The molecule has 0 radical (unpaired) electrons. The van der Waals surface area contributed by atoms with Gasteiger partial charge >= 0.3 is 0 Å². The highest BCUT2D eigenvalue weighted by Gasteiger charge is 2.24. The van der Waals surface area contributed by atoms with Gasteiger partial charge in [0.15, 0.2) is 11.5 Å². The van der Waals surface area contributed by atoms with Gasteiger partial charge in [-0.05, 0) is 61.7 Å². The standard InChI is InChI=1S/C24H31N3O6S/c1-5-32-21-13-17-10-11-27(16-19(17)14-22(21)33-6-2)23(28)15-25-24(29)18-8-7-9-20(12-18)34(30,31)26(3)4/h7-9,12-14H,5-6,10-11,15-16H2,1-4H3,(H,25,29). The fourth-order valence-corrected chi connectivity index (χ4v) is 4.64. The Morgan fingerprint density at radius 2 is 1.68 bits per heavy atom. The molecule has 0 saturated heterocycles. The van der Waals surface area contributed by atoms with Crippen LogP contribution in [0.4, 0.5) is 0 Å². The monoisotopic (exact) mass is 489 g/mol. The van der Waals surface area contributed by atoms with Gasteiger partial charge in [0.2, 0.25) is 15.9 Å². The van der Waals surface area contributed by atoms with Crippen molar-refractivity contribution in [2.45, 2.75) is 31.7 Å². The molecule has 10 heteroatoms. The van der Waals surface area contributed by atoms with E-state index in [4.69, 9.17) is 9.47 Å². The minimum absolute atomic E-state index is 0.0145. The van der Waals surface area contributed by atoms with Gasteiger partial charge in [0.1, 0.15) is 0 Å². The molecule has 1 aliphatic rings. The summed E-state index contributed by atoms with van der Waals surface area (Å²) in [6, 6.07) is 9.63. The van der Waals surface area contributed by atoms with E-state index in [0.29, 0.717) is 44.2 Å². The molecule has 1 heterocycles. The van der Waals surface area contributed by atoms with E-state index in [9.17, 15) is 18.0 Å². The predicted octanol–water partition coefficient (Wildman–Crippen LogP) is 2.05. The summed E-state index contributed by atoms with van der Waals surface area (Å²) < 4.78 is 37.1. The molecule has 9 nitrogen and oxygen atoms in total. The first kappa shape index (κ1) is 25.5. The smallest absolute Gasteiger partial charge is 0.251 e. The number of hydrogen-bond donors (Lipinski definition) is 1. The van der Waals surface area contributed by atoms with Gasteiger partial charge in [0, 0.05) is 32.7 Å². The molecule has 2 aromatic carbocycles. The van der Waals surface area contributed by atoms with Crippen LogP contribution in [0.2, 0.25) is 0 Å². The number of sulfonamides is 1. The van der Waals surface area contributed by atoms with E-state index < -0.39 is 15.9 Å². The third-order valence-corrected chi connectivity index (χ3v) is 7.32. The number of fused-ring (bicyclic) bond motifs is 1. The number of carbonyl (C=O) groups excluding carboxylic acids is 2. The topological polar surface area (TPSA) is 105 Å². The van der Waals surface area contributed by atoms with Gasteiger partial charge in [0.05, 0.1) is 24.7 Å². The molecule has 3 rings (SSSR count). The van der Waals surface area contributed by atoms with Gasteiger partial charge < -0.3 is 19.7 Å². The van der Waals surface area contributed by atoms with Crippen LogP contribution >= 0.6 is 0 Å². The lowest BCUT2D eigenvalue weighted by Crippen LogP contribution is -2.42. The van der Waals surface area contributed by atoms with Gasteiger partial charge in [-0.15, -0.1) is 0 Å². The molecule has 0 aromatic heterocycles. The summed E-state index contributed by atoms with van der Waals surface area (Å²) >= 11 is 0. The Morgan fingerprint density at radius 3 is 2.29 bits per heavy atom. The molecular weight excluding hydrogens is 458 g/mol. The van der Waals surface area contributed by atoms with E-state index in [2.05, 4.69) is 5.32 Å². The summed E-state index contributed by atoms with van der Waals surface area (Å²) in [7, 11) is -0.819. The lowest BCUT2D eigenvalue weighted by Gasteiger charge is -2.30. The predicted molar refractivity (Wildman–Crippen MR) is 128 cm³/mol. The van der Waals surface area contributed by atoms with Crippen LogP contribution in [0.5, 0.6) is 11.5 Å². The molecule has 184 valence electrons. The summed E-state index contributed by atoms with van der Waals surface area (Å²) in [6.45, 7) is 5.61. The summed E-state index contributed by atoms with van der Waals surface area (Å²) in [6.07, 6.45) is 0.673. The Hall–Kier alpha value is -3.11. The zero-order valence-electron chi connectivity index (χ0n) is 20.0. The second kappa shape index (κ2) is 10.9. The van der Waals surface area contributed by atoms with Crippen molar-refractivity contribution in [1.29, 1.82) is 0 Å². The van der Waals surface area contributed by atoms with Crippen molar-refractivity contribution in [3.8, 4) is 11.5 Å². The Bertz CT molecular complexity index is 1160. The van der Waals surface area contributed by atoms with Crippen molar-refractivity contribution in [2.24, 2.45) is 0 Å². The first-order chi connectivity index (χ1) is 16.2. The quantitative estimate of drug-likeness (QED) is 0.578. The number of carbonyl (C=O) groups is 2. The van der Waals surface area contributed by atoms with E-state index in [1.165, 1.54) is 38.4 Å². The van der Waals surface area contributed by atoms with Crippen LogP contribution < -0.4 is 14.8 Å². The number of benzene rings is 2. The van der Waals surface area contributed by atoms with Crippen molar-refractivity contribution in [2.75, 3.05) is 40.4 Å². The SMILES string of the molecule is CCOc1cc2c(cc1OCC)CN(C(=O)CNC(=O)c1cccc(S(=O)(=O)N(C)C)c1)CC2. The lowest BCUT2D eigenvalue weighted by molar-refractivity contribution is -0.131. The summed E-state index contributed by atoms with van der Waals surface area (Å²) in [5.41, 5.74) is 2.27. The highest BCUT2D eigenvalue weighted by atomic mass is 32.2. The van der Waals surface area contributed by atoms with Crippen LogP contribution in [-0.4, -0.2) is 69.8 Å². The zero-order valence-corrected chi connectivity index (χ0v) is 20.8. The normalized spacial score (nSPS) is 13.4. The van der Waals surface area contributed by atoms with Crippen LogP contribution in [0.15, 0.2) is 41.3 Å². The molecule has 0 bridgehead atoms. The Labute approximate surface area is 200 Å². The van der Waals surface area contributed by atoms with E-state index >= 15 is 0 Å². The molecule has 0 atom stereocenters. The van der Waals surface area contributed by atoms with Crippen LogP contribution in [-0.2, 0) is 27.8 Å². The maximum Gasteiger partial charge on any atom is 0.251 e. The Kier molecular flexibility index (Phi) is 8.16. The second-order valence-corrected chi connectivity index (χ2v) is 10.1. The molecule has 1 N–H and O–H groups in total. The Morgan fingerprint density at radius 1 is 1.03 bits per heavy atom. The highest BCUT2D eigenvalue weighted by molar-refractivity contribution is 7.89. The van der Waals surface area contributed by atoms with Gasteiger partial charge in [-0.1, -0.05) is 6.07 Å². The average Bonchev–Trinajstić information content (AvgIpc) is 2.82. The molecule has 2 aromatic rings. The van der Waals surface area contributed by atoms with E-state index in [1.807, 2.05) is 26.0 Å². The molecule has 0 aliphatic carbocycles. The first-order valence-corrected chi connectivity index (χ1v) is 12.6. The maximum atomic E-state index is 12.8. The van der Waals surface area contributed by atoms with Crippen LogP contribution in [0.1, 0.15) is 35.3 Å². The number of hydrogen-bond acceptors (Lipinski definition) is 6. The average molecular weight is 490 g/mol. The van der Waals surface area contributed by atoms with Crippen LogP contribution in [0, 0.1) is 0 Å².